The SMILES string of the molecule is NCC1(CC(=O)O)CC(c2ccccc2)C(c2ccccc2)C1. The van der Waals surface area contributed by atoms with Gasteiger partial charge in [0, 0.05) is 0 Å². The molecule has 2 aromatic rings. The fourth-order valence-electron chi connectivity index (χ4n) is 4.11. The highest BCUT2D eigenvalue weighted by Crippen LogP contribution is 2.55. The molecule has 3 N–H and O–H groups in total. The Kier molecular flexibility index (Phi) is 4.49. The third kappa shape index (κ3) is 3.30. The standard InChI is InChI=1S/C20H23NO2/c21-14-20(13-19(22)23)11-17(15-7-3-1-4-8-15)18(12-20)16-9-5-2-6-10-16/h1-10,17-18H,11-14,21H2,(H,22,23). The molecule has 1 fully saturated rings. The van der Waals surface area contributed by atoms with E-state index in [0.29, 0.717) is 18.4 Å². The van der Waals surface area contributed by atoms with Gasteiger partial charge in [-0.3, -0.25) is 4.79 Å². The van der Waals surface area contributed by atoms with E-state index in [1.165, 1.54) is 11.1 Å². The Labute approximate surface area is 137 Å². The Morgan fingerprint density at radius 3 is 1.74 bits per heavy atom. The van der Waals surface area contributed by atoms with Crippen molar-refractivity contribution in [3.8, 4) is 0 Å². The number of hydrogen-bond donors (Lipinski definition) is 2. The van der Waals surface area contributed by atoms with Gasteiger partial charge in [-0.25, -0.2) is 0 Å². The van der Waals surface area contributed by atoms with Gasteiger partial charge >= 0.3 is 5.97 Å². The fourth-order valence-corrected chi connectivity index (χ4v) is 4.11. The lowest BCUT2D eigenvalue weighted by molar-refractivity contribution is -0.139. The molecule has 120 valence electrons. The second-order valence-electron chi connectivity index (χ2n) is 6.72. The van der Waals surface area contributed by atoms with Crippen LogP contribution in [0, 0.1) is 5.41 Å². The summed E-state index contributed by atoms with van der Waals surface area (Å²) in [6.45, 7) is 0.423. The first-order valence-electron chi connectivity index (χ1n) is 8.15. The molecule has 0 amide bonds. The molecule has 0 saturated heterocycles. The molecule has 3 heteroatoms. The number of rotatable bonds is 5. The quantitative estimate of drug-likeness (QED) is 0.883. The van der Waals surface area contributed by atoms with Crippen molar-refractivity contribution in [3.63, 3.8) is 0 Å². The third-order valence-electron chi connectivity index (χ3n) is 5.21. The molecular formula is C20H23NO2. The van der Waals surface area contributed by atoms with Crippen LogP contribution < -0.4 is 5.73 Å². The zero-order chi connectivity index (χ0) is 16.3. The summed E-state index contributed by atoms with van der Waals surface area (Å²) in [5, 5.41) is 9.33. The van der Waals surface area contributed by atoms with Gasteiger partial charge < -0.3 is 10.8 Å². The van der Waals surface area contributed by atoms with Crippen LogP contribution in [0.1, 0.15) is 42.2 Å². The van der Waals surface area contributed by atoms with Gasteiger partial charge in [-0.1, -0.05) is 60.7 Å². The lowest BCUT2D eigenvalue weighted by atomic mass is 9.81. The Balaban J connectivity index is 1.98. The molecule has 0 heterocycles. The molecule has 0 aliphatic heterocycles. The Bertz CT molecular complexity index is 606. The number of benzene rings is 2. The molecule has 3 rings (SSSR count). The number of carbonyl (C=O) groups is 1. The van der Waals surface area contributed by atoms with Crippen molar-refractivity contribution in [1.29, 1.82) is 0 Å². The molecule has 1 aliphatic rings. The largest absolute Gasteiger partial charge is 0.481 e. The number of carboxylic acids is 1. The second-order valence-corrected chi connectivity index (χ2v) is 6.72. The van der Waals surface area contributed by atoms with E-state index in [1.807, 2.05) is 12.1 Å². The van der Waals surface area contributed by atoms with Crippen LogP contribution in [0.4, 0.5) is 0 Å². The molecule has 2 atom stereocenters. The fraction of sp³-hybridized carbons (Fsp3) is 0.350. The first-order chi connectivity index (χ1) is 11.1. The minimum absolute atomic E-state index is 0.149. The lowest BCUT2D eigenvalue weighted by Crippen LogP contribution is -2.30. The summed E-state index contributed by atoms with van der Waals surface area (Å²) >= 11 is 0. The van der Waals surface area contributed by atoms with Crippen LogP contribution in [0.3, 0.4) is 0 Å². The van der Waals surface area contributed by atoms with Crippen LogP contribution in [-0.4, -0.2) is 17.6 Å². The van der Waals surface area contributed by atoms with E-state index in [0.717, 1.165) is 12.8 Å². The predicted octanol–water partition coefficient (Wildman–Crippen LogP) is 3.77. The van der Waals surface area contributed by atoms with Gasteiger partial charge in [0.15, 0.2) is 0 Å². The first kappa shape index (κ1) is 15.8. The minimum Gasteiger partial charge on any atom is -0.481 e. The van der Waals surface area contributed by atoms with Gasteiger partial charge in [-0.05, 0) is 47.8 Å². The van der Waals surface area contributed by atoms with E-state index in [2.05, 4.69) is 48.5 Å². The summed E-state index contributed by atoms with van der Waals surface area (Å²) < 4.78 is 0. The molecule has 0 radical (unpaired) electrons. The number of hydrogen-bond acceptors (Lipinski definition) is 2. The predicted molar refractivity (Wildman–Crippen MR) is 91.3 cm³/mol. The van der Waals surface area contributed by atoms with Crippen molar-refractivity contribution < 1.29 is 9.90 Å². The van der Waals surface area contributed by atoms with Crippen molar-refractivity contribution in [2.75, 3.05) is 6.54 Å². The minimum atomic E-state index is -0.754. The van der Waals surface area contributed by atoms with Crippen LogP contribution in [0.15, 0.2) is 60.7 Å². The first-order valence-corrected chi connectivity index (χ1v) is 8.15. The zero-order valence-corrected chi connectivity index (χ0v) is 13.2. The topological polar surface area (TPSA) is 63.3 Å². The molecule has 0 aromatic heterocycles. The highest BCUT2D eigenvalue weighted by atomic mass is 16.4. The van der Waals surface area contributed by atoms with Gasteiger partial charge in [0.05, 0.1) is 6.42 Å². The van der Waals surface area contributed by atoms with E-state index < -0.39 is 5.97 Å². The van der Waals surface area contributed by atoms with E-state index in [9.17, 15) is 9.90 Å². The summed E-state index contributed by atoms with van der Waals surface area (Å²) in [7, 11) is 0. The van der Waals surface area contributed by atoms with E-state index in [4.69, 9.17) is 5.73 Å². The van der Waals surface area contributed by atoms with E-state index >= 15 is 0 Å². The number of aliphatic carboxylic acids is 1. The number of carboxylic acid groups (broad SMARTS) is 1. The van der Waals surface area contributed by atoms with E-state index in [1.54, 1.807) is 0 Å². The monoisotopic (exact) mass is 309 g/mol. The summed E-state index contributed by atoms with van der Waals surface area (Å²) in [6, 6.07) is 20.8. The summed E-state index contributed by atoms with van der Waals surface area (Å²) in [5.74, 6) is -0.112. The maximum atomic E-state index is 11.4. The summed E-state index contributed by atoms with van der Waals surface area (Å²) in [6.07, 6.45) is 1.81. The van der Waals surface area contributed by atoms with Gasteiger partial charge in [-0.15, -0.1) is 0 Å². The van der Waals surface area contributed by atoms with Gasteiger partial charge in [-0.2, -0.15) is 0 Å². The summed E-state index contributed by atoms with van der Waals surface area (Å²) in [5.41, 5.74) is 8.28. The molecule has 2 unspecified atom stereocenters. The highest BCUT2D eigenvalue weighted by molar-refractivity contribution is 5.68. The number of nitrogens with two attached hydrogens (primary N) is 1. The van der Waals surface area contributed by atoms with Crippen molar-refractivity contribution >= 4 is 5.97 Å². The maximum absolute atomic E-state index is 11.4. The van der Waals surface area contributed by atoms with Crippen LogP contribution in [0.5, 0.6) is 0 Å². The summed E-state index contributed by atoms with van der Waals surface area (Å²) in [4.78, 5) is 11.4. The van der Waals surface area contributed by atoms with Crippen LogP contribution in [-0.2, 0) is 4.79 Å². The second kappa shape index (κ2) is 6.55. The van der Waals surface area contributed by atoms with Crippen LogP contribution in [0.25, 0.3) is 0 Å². The molecular weight excluding hydrogens is 286 g/mol. The van der Waals surface area contributed by atoms with Crippen LogP contribution in [0.2, 0.25) is 0 Å². The average Bonchev–Trinajstić information content (AvgIpc) is 2.96. The molecule has 0 bridgehead atoms. The Morgan fingerprint density at radius 1 is 0.957 bits per heavy atom. The van der Waals surface area contributed by atoms with Crippen molar-refractivity contribution in [1.82, 2.24) is 0 Å². The average molecular weight is 309 g/mol. The zero-order valence-electron chi connectivity index (χ0n) is 13.2. The van der Waals surface area contributed by atoms with Gasteiger partial charge in [0.25, 0.3) is 0 Å². The highest BCUT2D eigenvalue weighted by Gasteiger charge is 2.46. The maximum Gasteiger partial charge on any atom is 0.303 e. The van der Waals surface area contributed by atoms with Crippen LogP contribution >= 0.6 is 0 Å². The van der Waals surface area contributed by atoms with Gasteiger partial charge in [0.2, 0.25) is 0 Å². The van der Waals surface area contributed by atoms with E-state index in [-0.39, 0.29) is 11.8 Å². The molecule has 1 saturated carbocycles. The van der Waals surface area contributed by atoms with Crippen molar-refractivity contribution in [2.45, 2.75) is 31.1 Å². The molecule has 2 aromatic carbocycles. The lowest BCUT2D eigenvalue weighted by Gasteiger charge is -2.25. The molecule has 23 heavy (non-hydrogen) atoms. The molecule has 0 spiro atoms. The normalized spacial score (nSPS) is 27.0. The molecule has 3 nitrogen and oxygen atoms in total. The Morgan fingerprint density at radius 2 is 1.39 bits per heavy atom. The molecule has 1 aliphatic carbocycles. The smallest absolute Gasteiger partial charge is 0.303 e. The third-order valence-corrected chi connectivity index (χ3v) is 5.21. The Hall–Kier alpha value is -2.13. The van der Waals surface area contributed by atoms with Crippen molar-refractivity contribution in [3.05, 3.63) is 71.8 Å². The van der Waals surface area contributed by atoms with Gasteiger partial charge in [0.1, 0.15) is 0 Å². The van der Waals surface area contributed by atoms with Crippen molar-refractivity contribution in [2.24, 2.45) is 11.1 Å².